The van der Waals surface area contributed by atoms with Gasteiger partial charge in [0.15, 0.2) is 5.15 Å². The molecule has 0 aromatic carbocycles. The Labute approximate surface area is 150 Å². The molecule has 2 aliphatic rings. The highest BCUT2D eigenvalue weighted by Crippen LogP contribution is 2.21. The average molecular weight is 372 g/mol. The minimum absolute atomic E-state index is 0.0702. The molecule has 3 heterocycles. The standard InChI is InChI=1S/C16H22ClN3O5/c17-14-9-11(25-18-14)1-2-15(22)20-4-3-13(21)12(10-20)16(23)19-5-7-24-8-6-19/h9,12-13,21H,1-8,10H2/t12-,13+/m0/s1. The summed E-state index contributed by atoms with van der Waals surface area (Å²) in [5.41, 5.74) is 0. The first kappa shape index (κ1) is 18.2. The Morgan fingerprint density at radius 1 is 1.28 bits per heavy atom. The number of halogens is 1. The molecule has 0 radical (unpaired) electrons. The molecule has 0 bridgehead atoms. The summed E-state index contributed by atoms with van der Waals surface area (Å²) in [6.45, 7) is 2.77. The zero-order valence-corrected chi connectivity index (χ0v) is 14.7. The lowest BCUT2D eigenvalue weighted by Crippen LogP contribution is -2.54. The molecule has 0 saturated carbocycles. The van der Waals surface area contributed by atoms with Crippen molar-refractivity contribution in [2.75, 3.05) is 39.4 Å². The number of aliphatic hydroxyl groups excluding tert-OH is 1. The number of aryl methyl sites for hydroxylation is 1. The van der Waals surface area contributed by atoms with E-state index in [4.69, 9.17) is 20.9 Å². The Morgan fingerprint density at radius 2 is 2.04 bits per heavy atom. The Hall–Kier alpha value is -1.64. The summed E-state index contributed by atoms with van der Waals surface area (Å²) in [6.07, 6.45) is 0.341. The highest BCUT2D eigenvalue weighted by atomic mass is 35.5. The molecule has 0 aliphatic carbocycles. The number of carbonyl (C=O) groups excluding carboxylic acids is 2. The van der Waals surface area contributed by atoms with Crippen molar-refractivity contribution in [3.05, 3.63) is 17.0 Å². The van der Waals surface area contributed by atoms with Crippen LogP contribution in [0.4, 0.5) is 0 Å². The van der Waals surface area contributed by atoms with E-state index in [1.807, 2.05) is 0 Å². The molecule has 138 valence electrons. The number of aromatic nitrogens is 1. The van der Waals surface area contributed by atoms with E-state index >= 15 is 0 Å². The monoisotopic (exact) mass is 371 g/mol. The van der Waals surface area contributed by atoms with Crippen LogP contribution in [0.2, 0.25) is 5.15 Å². The number of carbonyl (C=O) groups is 2. The largest absolute Gasteiger partial charge is 0.392 e. The molecule has 9 heteroatoms. The molecule has 0 unspecified atom stereocenters. The van der Waals surface area contributed by atoms with Gasteiger partial charge >= 0.3 is 0 Å². The fraction of sp³-hybridized carbons (Fsp3) is 0.688. The molecule has 2 saturated heterocycles. The maximum atomic E-state index is 12.6. The van der Waals surface area contributed by atoms with Gasteiger partial charge in [0, 0.05) is 45.1 Å². The number of aliphatic hydroxyl groups is 1. The molecule has 3 rings (SSSR count). The molecule has 1 aromatic rings. The summed E-state index contributed by atoms with van der Waals surface area (Å²) < 4.78 is 10.2. The van der Waals surface area contributed by atoms with E-state index in [1.165, 1.54) is 0 Å². The molecule has 2 amide bonds. The second kappa shape index (κ2) is 8.16. The Bertz CT molecular complexity index is 617. The van der Waals surface area contributed by atoms with Crippen molar-refractivity contribution in [3.63, 3.8) is 0 Å². The molecule has 25 heavy (non-hydrogen) atoms. The van der Waals surface area contributed by atoms with Crippen molar-refractivity contribution in [1.29, 1.82) is 0 Å². The number of rotatable bonds is 4. The van der Waals surface area contributed by atoms with Crippen LogP contribution in [0.15, 0.2) is 10.6 Å². The summed E-state index contributed by atoms with van der Waals surface area (Å²) in [4.78, 5) is 28.4. The molecule has 8 nitrogen and oxygen atoms in total. The van der Waals surface area contributed by atoms with Gasteiger partial charge in [-0.25, -0.2) is 0 Å². The SMILES string of the molecule is O=C(CCc1cc(Cl)no1)N1CC[C@@H](O)[C@@H](C(=O)N2CCOCC2)C1. The normalized spacial score (nSPS) is 24.4. The summed E-state index contributed by atoms with van der Waals surface area (Å²) in [5, 5.41) is 14.1. The van der Waals surface area contributed by atoms with Gasteiger partial charge in [0.05, 0.1) is 25.2 Å². The lowest BCUT2D eigenvalue weighted by Gasteiger charge is -2.38. The average Bonchev–Trinajstić information content (AvgIpc) is 3.05. The van der Waals surface area contributed by atoms with Crippen LogP contribution in [-0.2, 0) is 20.7 Å². The lowest BCUT2D eigenvalue weighted by molar-refractivity contribution is -0.149. The highest BCUT2D eigenvalue weighted by Gasteiger charge is 2.37. The number of hydrogen-bond acceptors (Lipinski definition) is 6. The second-order valence-electron chi connectivity index (χ2n) is 6.36. The third-order valence-corrected chi connectivity index (χ3v) is 4.86. The van der Waals surface area contributed by atoms with Crippen LogP contribution < -0.4 is 0 Å². The van der Waals surface area contributed by atoms with Gasteiger partial charge in [-0.2, -0.15) is 0 Å². The fourth-order valence-electron chi connectivity index (χ4n) is 3.22. The van der Waals surface area contributed by atoms with Gasteiger partial charge in [0.1, 0.15) is 5.76 Å². The smallest absolute Gasteiger partial charge is 0.230 e. The maximum absolute atomic E-state index is 12.6. The molecule has 1 N–H and O–H groups in total. The zero-order chi connectivity index (χ0) is 17.8. The molecule has 2 fully saturated rings. The molecule has 0 spiro atoms. The van der Waals surface area contributed by atoms with Gasteiger partial charge in [-0.05, 0) is 6.42 Å². The van der Waals surface area contributed by atoms with Crippen LogP contribution in [0.3, 0.4) is 0 Å². The summed E-state index contributed by atoms with van der Waals surface area (Å²) in [6, 6.07) is 1.58. The van der Waals surface area contributed by atoms with Gasteiger partial charge in [-0.3, -0.25) is 9.59 Å². The van der Waals surface area contributed by atoms with E-state index in [0.717, 1.165) is 0 Å². The van der Waals surface area contributed by atoms with Crippen LogP contribution in [0.5, 0.6) is 0 Å². The predicted octanol–water partition coefficient (Wildman–Crippen LogP) is 0.329. The van der Waals surface area contributed by atoms with Crippen LogP contribution in [0.25, 0.3) is 0 Å². The van der Waals surface area contributed by atoms with Gasteiger partial charge in [0.25, 0.3) is 0 Å². The zero-order valence-electron chi connectivity index (χ0n) is 13.9. The lowest BCUT2D eigenvalue weighted by atomic mass is 9.92. The van der Waals surface area contributed by atoms with Crippen LogP contribution >= 0.6 is 11.6 Å². The minimum atomic E-state index is -0.715. The fourth-order valence-corrected chi connectivity index (χ4v) is 3.38. The molecule has 2 atom stereocenters. The number of morpholine rings is 1. The quantitative estimate of drug-likeness (QED) is 0.819. The first-order valence-electron chi connectivity index (χ1n) is 8.48. The van der Waals surface area contributed by atoms with Crippen molar-refractivity contribution < 1.29 is 24.0 Å². The highest BCUT2D eigenvalue weighted by molar-refractivity contribution is 6.29. The van der Waals surface area contributed by atoms with Gasteiger partial charge in [0.2, 0.25) is 11.8 Å². The topological polar surface area (TPSA) is 96.1 Å². The maximum Gasteiger partial charge on any atom is 0.230 e. The van der Waals surface area contributed by atoms with Crippen molar-refractivity contribution in [1.82, 2.24) is 15.0 Å². The number of nitrogens with zero attached hydrogens (tertiary/aromatic N) is 3. The van der Waals surface area contributed by atoms with Crippen LogP contribution in [-0.4, -0.2) is 77.4 Å². The number of piperidine rings is 1. The third kappa shape index (κ3) is 4.50. The van der Waals surface area contributed by atoms with E-state index in [9.17, 15) is 14.7 Å². The first-order valence-corrected chi connectivity index (χ1v) is 8.86. The molecule has 1 aromatic heterocycles. The van der Waals surface area contributed by atoms with Gasteiger partial charge < -0.3 is 24.2 Å². The molecule has 2 aliphatic heterocycles. The minimum Gasteiger partial charge on any atom is -0.392 e. The van der Waals surface area contributed by atoms with Crippen LogP contribution in [0.1, 0.15) is 18.6 Å². The van der Waals surface area contributed by atoms with E-state index in [-0.39, 0.29) is 29.9 Å². The molecular formula is C16H22ClN3O5. The molecular weight excluding hydrogens is 350 g/mol. The first-order chi connectivity index (χ1) is 12.0. The van der Waals surface area contributed by atoms with E-state index < -0.39 is 12.0 Å². The number of likely N-dealkylation sites (tertiary alicyclic amines) is 1. The van der Waals surface area contributed by atoms with Gasteiger partial charge in [-0.1, -0.05) is 16.8 Å². The predicted molar refractivity (Wildman–Crippen MR) is 87.9 cm³/mol. The van der Waals surface area contributed by atoms with Crippen molar-refractivity contribution >= 4 is 23.4 Å². The van der Waals surface area contributed by atoms with E-state index in [2.05, 4.69) is 5.16 Å². The van der Waals surface area contributed by atoms with Gasteiger partial charge in [-0.15, -0.1) is 0 Å². The second-order valence-corrected chi connectivity index (χ2v) is 6.74. The third-order valence-electron chi connectivity index (χ3n) is 4.68. The van der Waals surface area contributed by atoms with Crippen molar-refractivity contribution in [2.45, 2.75) is 25.4 Å². The van der Waals surface area contributed by atoms with Crippen molar-refractivity contribution in [2.24, 2.45) is 5.92 Å². The summed E-state index contributed by atoms with van der Waals surface area (Å²) in [5.74, 6) is -0.193. The Morgan fingerprint density at radius 3 is 2.72 bits per heavy atom. The summed E-state index contributed by atoms with van der Waals surface area (Å²) >= 11 is 5.69. The van der Waals surface area contributed by atoms with E-state index in [0.29, 0.717) is 51.4 Å². The Balaban J connectivity index is 1.55. The number of hydrogen-bond donors (Lipinski definition) is 1. The Kier molecular flexibility index (Phi) is 5.93. The van der Waals surface area contributed by atoms with Crippen LogP contribution in [0, 0.1) is 5.92 Å². The number of amides is 2. The summed E-state index contributed by atoms with van der Waals surface area (Å²) in [7, 11) is 0. The van der Waals surface area contributed by atoms with E-state index in [1.54, 1.807) is 15.9 Å². The van der Waals surface area contributed by atoms with Crippen molar-refractivity contribution in [3.8, 4) is 0 Å². The number of ether oxygens (including phenoxy) is 1.